The van der Waals surface area contributed by atoms with Gasteiger partial charge in [-0.2, -0.15) is 0 Å². The lowest BCUT2D eigenvalue weighted by Gasteiger charge is -2.20. The summed E-state index contributed by atoms with van der Waals surface area (Å²) in [5.41, 5.74) is 6.04. The Bertz CT molecular complexity index is 414. The molecule has 1 saturated heterocycles. The molecule has 1 aliphatic heterocycles. The summed E-state index contributed by atoms with van der Waals surface area (Å²) in [7, 11) is 0. The van der Waals surface area contributed by atoms with E-state index in [0.717, 1.165) is 25.9 Å². The van der Waals surface area contributed by atoms with Crippen molar-refractivity contribution in [3.8, 4) is 0 Å². The van der Waals surface area contributed by atoms with Gasteiger partial charge in [0.25, 0.3) is 5.91 Å². The van der Waals surface area contributed by atoms with E-state index in [0.29, 0.717) is 10.6 Å². The third-order valence-corrected chi connectivity index (χ3v) is 3.31. The number of hydrogen-bond acceptors (Lipinski definition) is 3. The number of hydrogen-bond donors (Lipinski definition) is 1. The van der Waals surface area contributed by atoms with E-state index in [1.54, 1.807) is 6.07 Å². The topological polar surface area (TPSA) is 59.2 Å². The average molecular weight is 254 g/mol. The lowest BCUT2D eigenvalue weighted by atomic mass is 10.2. The van der Waals surface area contributed by atoms with Crippen molar-refractivity contribution in [2.24, 2.45) is 0 Å². The van der Waals surface area contributed by atoms with Crippen molar-refractivity contribution in [3.63, 3.8) is 0 Å². The Morgan fingerprint density at radius 3 is 2.53 bits per heavy atom. The predicted molar refractivity (Wildman–Crippen MR) is 68.0 cm³/mol. The monoisotopic (exact) mass is 253 g/mol. The Balaban J connectivity index is 2.14. The molecule has 1 fully saturated rings. The van der Waals surface area contributed by atoms with Gasteiger partial charge in [-0.1, -0.05) is 24.4 Å². The van der Waals surface area contributed by atoms with E-state index in [9.17, 15) is 4.79 Å². The first-order valence-corrected chi connectivity index (χ1v) is 6.26. The molecule has 0 aromatic carbocycles. The minimum Gasteiger partial charge on any atom is -0.382 e. The Morgan fingerprint density at radius 2 is 1.94 bits per heavy atom. The molecule has 1 aromatic heterocycles. The molecular weight excluding hydrogens is 238 g/mol. The predicted octanol–water partition coefficient (Wildman–Crippen LogP) is 2.33. The number of pyridine rings is 1. The molecule has 92 valence electrons. The second kappa shape index (κ2) is 5.36. The highest BCUT2D eigenvalue weighted by molar-refractivity contribution is 6.33. The zero-order valence-electron chi connectivity index (χ0n) is 9.66. The summed E-state index contributed by atoms with van der Waals surface area (Å²) in [5.74, 6) is 0.264. The first-order valence-electron chi connectivity index (χ1n) is 5.89. The molecule has 2 N–H and O–H groups in total. The smallest absolute Gasteiger partial charge is 0.255 e. The van der Waals surface area contributed by atoms with Crippen molar-refractivity contribution >= 4 is 23.3 Å². The van der Waals surface area contributed by atoms with E-state index in [-0.39, 0.29) is 11.7 Å². The molecule has 1 aromatic rings. The van der Waals surface area contributed by atoms with Gasteiger partial charge < -0.3 is 10.6 Å². The van der Waals surface area contributed by atoms with Crippen molar-refractivity contribution in [3.05, 3.63) is 22.8 Å². The molecule has 5 heteroatoms. The summed E-state index contributed by atoms with van der Waals surface area (Å²) >= 11 is 5.87. The fourth-order valence-corrected chi connectivity index (χ4v) is 2.19. The van der Waals surface area contributed by atoms with Crippen LogP contribution >= 0.6 is 11.6 Å². The van der Waals surface area contributed by atoms with Gasteiger partial charge in [-0.05, 0) is 18.9 Å². The van der Waals surface area contributed by atoms with E-state index in [4.69, 9.17) is 17.3 Å². The maximum absolute atomic E-state index is 12.2. The Labute approximate surface area is 106 Å². The van der Waals surface area contributed by atoms with Crippen LogP contribution in [0.25, 0.3) is 0 Å². The minimum absolute atomic E-state index is 0.00120. The molecular formula is C12H16ClN3O. The number of carbonyl (C=O) groups excluding carboxylic acids is 1. The Morgan fingerprint density at radius 1 is 1.29 bits per heavy atom. The molecule has 0 saturated carbocycles. The lowest BCUT2D eigenvalue weighted by molar-refractivity contribution is 0.0761. The van der Waals surface area contributed by atoms with Crippen molar-refractivity contribution in [2.45, 2.75) is 25.7 Å². The molecule has 0 spiro atoms. The van der Waals surface area contributed by atoms with Gasteiger partial charge in [-0.15, -0.1) is 0 Å². The third kappa shape index (κ3) is 2.88. The van der Waals surface area contributed by atoms with Gasteiger partial charge in [0.15, 0.2) is 0 Å². The number of nitrogen functional groups attached to an aromatic ring is 1. The number of likely N-dealkylation sites (tertiary alicyclic amines) is 1. The van der Waals surface area contributed by atoms with Crippen molar-refractivity contribution in [1.82, 2.24) is 9.88 Å². The summed E-state index contributed by atoms with van der Waals surface area (Å²) in [6, 6.07) is 1.59. The summed E-state index contributed by atoms with van der Waals surface area (Å²) < 4.78 is 0. The second-order valence-corrected chi connectivity index (χ2v) is 4.70. The number of amides is 1. The van der Waals surface area contributed by atoms with Gasteiger partial charge in [0.2, 0.25) is 0 Å². The fourth-order valence-electron chi connectivity index (χ4n) is 2.02. The summed E-state index contributed by atoms with van der Waals surface area (Å²) in [6.07, 6.45) is 6.03. The van der Waals surface area contributed by atoms with Crippen LogP contribution in [0.5, 0.6) is 0 Å². The largest absolute Gasteiger partial charge is 0.382 e. The molecule has 2 heterocycles. The second-order valence-electron chi connectivity index (χ2n) is 4.30. The van der Waals surface area contributed by atoms with E-state index >= 15 is 0 Å². The molecule has 0 aliphatic carbocycles. The quantitative estimate of drug-likeness (QED) is 0.836. The molecule has 0 bridgehead atoms. The molecule has 0 unspecified atom stereocenters. The fraction of sp³-hybridized carbons (Fsp3) is 0.500. The average Bonchev–Trinajstić information content (AvgIpc) is 2.60. The number of carbonyl (C=O) groups is 1. The highest BCUT2D eigenvalue weighted by Crippen LogP contribution is 2.19. The number of nitrogens with zero attached hydrogens (tertiary/aromatic N) is 2. The first-order chi connectivity index (χ1) is 8.18. The number of anilines is 1. The molecule has 0 radical (unpaired) electrons. The first kappa shape index (κ1) is 12.2. The zero-order valence-corrected chi connectivity index (χ0v) is 10.4. The molecule has 4 nitrogen and oxygen atoms in total. The number of nitrogens with two attached hydrogens (primary N) is 1. The van der Waals surface area contributed by atoms with Crippen LogP contribution in [0.4, 0.5) is 5.82 Å². The van der Waals surface area contributed by atoms with Crippen molar-refractivity contribution in [2.75, 3.05) is 18.8 Å². The van der Waals surface area contributed by atoms with Crippen molar-refractivity contribution in [1.29, 1.82) is 0 Å². The minimum atomic E-state index is 0.00120. The van der Waals surface area contributed by atoms with Crippen LogP contribution in [0.3, 0.4) is 0 Å². The van der Waals surface area contributed by atoms with Crippen LogP contribution in [0, 0.1) is 0 Å². The standard InChI is InChI=1S/C12H16ClN3O/c13-10-7-9(8-15-11(10)14)12(17)16-5-3-1-2-4-6-16/h7-8H,1-6H2,(H2,14,15). The lowest BCUT2D eigenvalue weighted by Crippen LogP contribution is -2.31. The number of halogens is 1. The molecule has 0 atom stereocenters. The van der Waals surface area contributed by atoms with E-state index in [2.05, 4.69) is 4.98 Å². The van der Waals surface area contributed by atoms with E-state index < -0.39 is 0 Å². The van der Waals surface area contributed by atoms with Gasteiger partial charge in [-0.25, -0.2) is 4.98 Å². The van der Waals surface area contributed by atoms with Gasteiger partial charge in [0.1, 0.15) is 5.82 Å². The van der Waals surface area contributed by atoms with Gasteiger partial charge >= 0.3 is 0 Å². The van der Waals surface area contributed by atoms with Gasteiger partial charge in [-0.3, -0.25) is 4.79 Å². The normalized spacial score (nSPS) is 16.6. The summed E-state index contributed by atoms with van der Waals surface area (Å²) in [4.78, 5) is 18.0. The van der Waals surface area contributed by atoms with Gasteiger partial charge in [0, 0.05) is 19.3 Å². The molecule has 1 aliphatic rings. The van der Waals surface area contributed by atoms with Crippen LogP contribution < -0.4 is 5.73 Å². The molecule has 2 rings (SSSR count). The highest BCUT2D eigenvalue weighted by atomic mass is 35.5. The van der Waals surface area contributed by atoms with Crippen molar-refractivity contribution < 1.29 is 4.79 Å². The zero-order chi connectivity index (χ0) is 12.3. The van der Waals surface area contributed by atoms with Crippen LogP contribution in [-0.4, -0.2) is 28.9 Å². The summed E-state index contributed by atoms with van der Waals surface area (Å²) in [5, 5.41) is 0.339. The number of aromatic nitrogens is 1. The van der Waals surface area contributed by atoms with E-state index in [1.165, 1.54) is 19.0 Å². The van der Waals surface area contributed by atoms with Crippen LogP contribution in [-0.2, 0) is 0 Å². The SMILES string of the molecule is Nc1ncc(C(=O)N2CCCCCC2)cc1Cl. The van der Waals surface area contributed by atoms with Gasteiger partial charge in [0.05, 0.1) is 10.6 Å². The maximum Gasteiger partial charge on any atom is 0.255 e. The third-order valence-electron chi connectivity index (χ3n) is 3.01. The molecule has 17 heavy (non-hydrogen) atoms. The summed E-state index contributed by atoms with van der Waals surface area (Å²) in [6.45, 7) is 1.64. The Hall–Kier alpha value is -1.29. The van der Waals surface area contributed by atoms with Crippen LogP contribution in [0.1, 0.15) is 36.0 Å². The Kier molecular flexibility index (Phi) is 3.84. The number of rotatable bonds is 1. The maximum atomic E-state index is 12.2. The van der Waals surface area contributed by atoms with E-state index in [1.807, 2.05) is 4.90 Å². The molecule has 1 amide bonds. The van der Waals surface area contributed by atoms with Crippen LogP contribution in [0.2, 0.25) is 5.02 Å². The highest BCUT2D eigenvalue weighted by Gasteiger charge is 2.18. The van der Waals surface area contributed by atoms with Crippen LogP contribution in [0.15, 0.2) is 12.3 Å².